The lowest BCUT2D eigenvalue weighted by atomic mass is 10.1. The van der Waals surface area contributed by atoms with Gasteiger partial charge in [0.25, 0.3) is 15.9 Å². The monoisotopic (exact) mass is 388 g/mol. The van der Waals surface area contributed by atoms with Crippen molar-refractivity contribution in [3.63, 3.8) is 0 Å². The largest absolute Gasteiger partial charge is 0.478 e. The summed E-state index contributed by atoms with van der Waals surface area (Å²) in [6.45, 7) is 2.90. The fourth-order valence-electron chi connectivity index (χ4n) is 3.05. The van der Waals surface area contributed by atoms with E-state index >= 15 is 0 Å². The minimum absolute atomic E-state index is 0.0840. The van der Waals surface area contributed by atoms with E-state index < -0.39 is 16.0 Å². The van der Waals surface area contributed by atoms with Gasteiger partial charge in [-0.25, -0.2) is 13.2 Å². The van der Waals surface area contributed by atoms with E-state index in [1.54, 1.807) is 30.0 Å². The molecule has 0 aromatic heterocycles. The topological polar surface area (TPSA) is 104 Å². The molecule has 27 heavy (non-hydrogen) atoms. The summed E-state index contributed by atoms with van der Waals surface area (Å²) in [5, 5.41) is 9.22. The van der Waals surface area contributed by atoms with Crippen molar-refractivity contribution in [1.29, 1.82) is 0 Å². The molecule has 0 bridgehead atoms. The van der Waals surface area contributed by atoms with Crippen molar-refractivity contribution in [2.24, 2.45) is 0 Å². The highest BCUT2D eigenvalue weighted by Crippen LogP contribution is 2.24. The van der Waals surface area contributed by atoms with E-state index in [9.17, 15) is 23.1 Å². The lowest BCUT2D eigenvalue weighted by Gasteiger charge is -2.18. The number of carboxylic acid groups (broad SMARTS) is 1. The Morgan fingerprint density at radius 1 is 1.04 bits per heavy atom. The number of likely N-dealkylation sites (tertiary alicyclic amines) is 1. The second kappa shape index (κ2) is 7.40. The van der Waals surface area contributed by atoms with Crippen molar-refractivity contribution in [2.75, 3.05) is 17.8 Å². The normalized spacial score (nSPS) is 14.2. The molecule has 3 rings (SSSR count). The molecule has 0 atom stereocenters. The number of para-hydroxylation sites is 1. The summed E-state index contributed by atoms with van der Waals surface area (Å²) >= 11 is 0. The summed E-state index contributed by atoms with van der Waals surface area (Å²) < 4.78 is 27.9. The molecule has 2 aromatic carbocycles. The number of hydrogen-bond donors (Lipinski definition) is 2. The van der Waals surface area contributed by atoms with Gasteiger partial charge >= 0.3 is 5.97 Å². The highest BCUT2D eigenvalue weighted by Gasteiger charge is 2.24. The molecule has 1 aliphatic rings. The minimum Gasteiger partial charge on any atom is -0.478 e. The molecule has 1 aliphatic heterocycles. The lowest BCUT2D eigenvalue weighted by Crippen LogP contribution is -2.28. The lowest BCUT2D eigenvalue weighted by molar-refractivity contribution is 0.0695. The van der Waals surface area contributed by atoms with Crippen molar-refractivity contribution < 1.29 is 23.1 Å². The van der Waals surface area contributed by atoms with Gasteiger partial charge in [-0.3, -0.25) is 9.52 Å². The van der Waals surface area contributed by atoms with E-state index in [1.807, 2.05) is 0 Å². The number of anilines is 1. The van der Waals surface area contributed by atoms with Gasteiger partial charge in [-0.15, -0.1) is 0 Å². The molecule has 0 saturated carbocycles. The zero-order valence-corrected chi connectivity index (χ0v) is 15.6. The summed E-state index contributed by atoms with van der Waals surface area (Å²) in [4.78, 5) is 25.5. The highest BCUT2D eigenvalue weighted by atomic mass is 32.2. The number of aromatic carboxylic acids is 1. The molecule has 1 saturated heterocycles. The summed E-state index contributed by atoms with van der Waals surface area (Å²) in [5.74, 6) is -1.42. The summed E-state index contributed by atoms with van der Waals surface area (Å²) in [7, 11) is -4.05. The molecule has 1 fully saturated rings. The fourth-order valence-corrected chi connectivity index (χ4v) is 4.16. The van der Waals surface area contributed by atoms with Crippen molar-refractivity contribution >= 4 is 27.6 Å². The number of nitrogens with one attached hydrogen (secondary N) is 1. The molecule has 1 amide bonds. The minimum atomic E-state index is -4.05. The second-order valence-corrected chi connectivity index (χ2v) is 8.11. The van der Waals surface area contributed by atoms with E-state index in [1.165, 1.54) is 18.2 Å². The number of carboxylic acids is 1. The first kappa shape index (κ1) is 18.9. The second-order valence-electron chi connectivity index (χ2n) is 6.43. The number of nitrogens with zero attached hydrogens (tertiary/aromatic N) is 1. The molecule has 0 spiro atoms. The molecular weight excluding hydrogens is 368 g/mol. The first-order valence-corrected chi connectivity index (χ1v) is 10.0. The Hall–Kier alpha value is -2.87. The number of carbonyl (C=O) groups excluding carboxylic acids is 1. The number of carbonyl (C=O) groups is 2. The predicted molar refractivity (Wildman–Crippen MR) is 101 cm³/mol. The molecule has 142 valence electrons. The number of aryl methyl sites for hydroxylation is 1. The van der Waals surface area contributed by atoms with Crippen LogP contribution in [0.4, 0.5) is 5.69 Å². The smallest absolute Gasteiger partial charge is 0.335 e. The van der Waals surface area contributed by atoms with E-state index in [0.29, 0.717) is 18.7 Å². The van der Waals surface area contributed by atoms with Gasteiger partial charge < -0.3 is 10.0 Å². The Balaban J connectivity index is 1.94. The molecule has 8 heteroatoms. The van der Waals surface area contributed by atoms with Crippen LogP contribution < -0.4 is 4.72 Å². The molecule has 2 N–H and O–H groups in total. The van der Waals surface area contributed by atoms with Gasteiger partial charge in [0.2, 0.25) is 0 Å². The van der Waals surface area contributed by atoms with E-state index in [4.69, 9.17) is 0 Å². The Labute approximate surface area is 157 Å². The van der Waals surface area contributed by atoms with Gasteiger partial charge in [0, 0.05) is 13.1 Å². The zero-order chi connectivity index (χ0) is 19.6. The standard InChI is InChI=1S/C19H20N2O5S/c1-13-8-9-14(12-16(13)19(23)24)27(25,26)20-17-7-3-2-6-15(17)18(22)21-10-4-5-11-21/h2-3,6-9,12,20H,4-5,10-11H2,1H3,(H,23,24). The molecule has 2 aromatic rings. The molecular formula is C19H20N2O5S. The Bertz CT molecular complexity index is 995. The predicted octanol–water partition coefficient (Wildman–Crippen LogP) is 2.73. The van der Waals surface area contributed by atoms with Crippen LogP contribution in [0.3, 0.4) is 0 Å². The highest BCUT2D eigenvalue weighted by molar-refractivity contribution is 7.92. The molecule has 0 unspecified atom stereocenters. The van der Waals surface area contributed by atoms with Crippen molar-refractivity contribution in [3.05, 3.63) is 59.2 Å². The van der Waals surface area contributed by atoms with E-state index in [0.717, 1.165) is 18.9 Å². The number of amides is 1. The van der Waals surface area contributed by atoms with Crippen LogP contribution in [0, 0.1) is 6.92 Å². The van der Waals surface area contributed by atoms with Crippen molar-refractivity contribution in [2.45, 2.75) is 24.7 Å². The zero-order valence-electron chi connectivity index (χ0n) is 14.8. The fraction of sp³-hybridized carbons (Fsp3) is 0.263. The van der Waals surface area contributed by atoms with Gasteiger partial charge in [-0.2, -0.15) is 0 Å². The number of benzene rings is 2. The van der Waals surface area contributed by atoms with Crippen LogP contribution in [-0.4, -0.2) is 43.4 Å². The third-order valence-corrected chi connectivity index (χ3v) is 5.91. The third kappa shape index (κ3) is 3.95. The molecule has 1 heterocycles. The van der Waals surface area contributed by atoms with Crippen LogP contribution in [-0.2, 0) is 10.0 Å². The number of rotatable bonds is 5. The third-order valence-electron chi connectivity index (χ3n) is 4.54. The maximum absolute atomic E-state index is 12.8. The van der Waals surface area contributed by atoms with Crippen LogP contribution in [0.5, 0.6) is 0 Å². The van der Waals surface area contributed by atoms with Crippen molar-refractivity contribution in [3.8, 4) is 0 Å². The Morgan fingerprint density at radius 3 is 2.37 bits per heavy atom. The van der Waals surface area contributed by atoms with Crippen LogP contribution >= 0.6 is 0 Å². The number of sulfonamides is 1. The molecule has 0 radical (unpaired) electrons. The Morgan fingerprint density at radius 2 is 1.70 bits per heavy atom. The van der Waals surface area contributed by atoms with Gasteiger partial charge in [0.1, 0.15) is 0 Å². The summed E-state index contributed by atoms with van der Waals surface area (Å²) in [5.41, 5.74) is 0.825. The van der Waals surface area contributed by atoms with Crippen LogP contribution in [0.15, 0.2) is 47.4 Å². The first-order chi connectivity index (χ1) is 12.8. The maximum atomic E-state index is 12.8. The summed E-state index contributed by atoms with van der Waals surface area (Å²) in [6, 6.07) is 10.3. The molecule has 0 aliphatic carbocycles. The van der Waals surface area contributed by atoms with Crippen LogP contribution in [0.25, 0.3) is 0 Å². The van der Waals surface area contributed by atoms with Crippen LogP contribution in [0.1, 0.15) is 39.1 Å². The van der Waals surface area contributed by atoms with Gasteiger partial charge in [-0.05, 0) is 49.6 Å². The Kier molecular flexibility index (Phi) is 5.18. The molecule has 7 nitrogen and oxygen atoms in total. The van der Waals surface area contributed by atoms with E-state index in [2.05, 4.69) is 4.72 Å². The number of hydrogen-bond acceptors (Lipinski definition) is 4. The first-order valence-electron chi connectivity index (χ1n) is 8.54. The quantitative estimate of drug-likeness (QED) is 0.820. The average molecular weight is 388 g/mol. The SMILES string of the molecule is Cc1ccc(S(=O)(=O)Nc2ccccc2C(=O)N2CCCC2)cc1C(=O)O. The van der Waals surface area contributed by atoms with Gasteiger partial charge in [-0.1, -0.05) is 18.2 Å². The van der Waals surface area contributed by atoms with E-state index in [-0.39, 0.29) is 27.6 Å². The van der Waals surface area contributed by atoms with Gasteiger partial charge in [0.05, 0.1) is 21.7 Å². The van der Waals surface area contributed by atoms with Crippen molar-refractivity contribution in [1.82, 2.24) is 4.90 Å². The average Bonchev–Trinajstić information content (AvgIpc) is 3.16. The van der Waals surface area contributed by atoms with Gasteiger partial charge in [0.15, 0.2) is 0 Å². The maximum Gasteiger partial charge on any atom is 0.335 e. The van der Waals surface area contributed by atoms with Crippen LogP contribution in [0.2, 0.25) is 0 Å². The summed E-state index contributed by atoms with van der Waals surface area (Å²) in [6.07, 6.45) is 1.86.